The van der Waals surface area contributed by atoms with Gasteiger partial charge < -0.3 is 5.32 Å². The van der Waals surface area contributed by atoms with E-state index < -0.39 is 0 Å². The number of hydrogen-bond acceptors (Lipinski definition) is 1. The summed E-state index contributed by atoms with van der Waals surface area (Å²) in [6, 6.07) is 0.924. The summed E-state index contributed by atoms with van der Waals surface area (Å²) in [4.78, 5) is 0. The van der Waals surface area contributed by atoms with Crippen molar-refractivity contribution in [3.05, 3.63) is 0 Å². The maximum atomic E-state index is 3.66. The number of rotatable bonds is 3. The second-order valence-electron chi connectivity index (χ2n) is 4.68. The van der Waals surface area contributed by atoms with Crippen molar-refractivity contribution in [1.82, 2.24) is 5.32 Å². The fraction of sp³-hybridized carbons (Fsp3) is 1.00. The largest absolute Gasteiger partial charge is 0.314 e. The summed E-state index contributed by atoms with van der Waals surface area (Å²) in [5.74, 6) is 3.39. The predicted octanol–water partition coefficient (Wildman–Crippen LogP) is 1.78. The van der Waals surface area contributed by atoms with Gasteiger partial charge in [-0.2, -0.15) is 0 Å². The topological polar surface area (TPSA) is 12.0 Å². The smallest absolute Gasteiger partial charge is 0.00683 e. The molecule has 62 valence electrons. The van der Waals surface area contributed by atoms with Crippen molar-refractivity contribution in [3.8, 4) is 0 Å². The molecular formula is C10H17N. The molecule has 3 atom stereocenters. The number of nitrogens with one attached hydrogen (secondary N) is 1. The zero-order chi connectivity index (χ0) is 7.26. The van der Waals surface area contributed by atoms with Crippen molar-refractivity contribution < 1.29 is 0 Å². The van der Waals surface area contributed by atoms with Crippen LogP contribution < -0.4 is 5.32 Å². The fourth-order valence-electron chi connectivity index (χ4n) is 2.68. The molecule has 0 spiro atoms. The predicted molar refractivity (Wildman–Crippen MR) is 45.3 cm³/mol. The highest BCUT2D eigenvalue weighted by Gasteiger charge is 2.47. The van der Waals surface area contributed by atoms with E-state index in [1.165, 1.54) is 31.7 Å². The standard InChI is InChI=1S/C10H17N/c1-2-8(10-5-7(1)10)6-11-9-3-4-9/h7-11H,1-6H2. The Morgan fingerprint density at radius 1 is 1.09 bits per heavy atom. The van der Waals surface area contributed by atoms with Gasteiger partial charge in [0.2, 0.25) is 0 Å². The van der Waals surface area contributed by atoms with E-state index in [1.807, 2.05) is 0 Å². The van der Waals surface area contributed by atoms with E-state index in [1.54, 1.807) is 12.8 Å². The van der Waals surface area contributed by atoms with Crippen LogP contribution in [0.3, 0.4) is 0 Å². The number of fused-ring (bicyclic) bond motifs is 1. The van der Waals surface area contributed by atoms with Crippen LogP contribution in [0.15, 0.2) is 0 Å². The molecule has 0 amide bonds. The van der Waals surface area contributed by atoms with Crippen LogP contribution in [-0.4, -0.2) is 12.6 Å². The first-order valence-electron chi connectivity index (χ1n) is 5.17. The molecule has 3 saturated carbocycles. The molecule has 0 saturated heterocycles. The zero-order valence-corrected chi connectivity index (χ0v) is 7.05. The SMILES string of the molecule is C1CC1NCC1CCC2CC12. The second kappa shape index (κ2) is 2.22. The van der Waals surface area contributed by atoms with Crippen LogP contribution in [0.1, 0.15) is 32.1 Å². The summed E-state index contributed by atoms with van der Waals surface area (Å²) < 4.78 is 0. The van der Waals surface area contributed by atoms with Gasteiger partial charge in [0.05, 0.1) is 0 Å². The molecule has 3 aliphatic carbocycles. The first kappa shape index (κ1) is 6.47. The molecule has 1 heteroatoms. The van der Waals surface area contributed by atoms with E-state index in [9.17, 15) is 0 Å². The minimum atomic E-state index is 0.924. The van der Waals surface area contributed by atoms with Crippen molar-refractivity contribution in [2.24, 2.45) is 17.8 Å². The second-order valence-corrected chi connectivity index (χ2v) is 4.68. The Labute approximate surface area is 68.6 Å². The molecule has 11 heavy (non-hydrogen) atoms. The van der Waals surface area contributed by atoms with E-state index in [2.05, 4.69) is 5.32 Å². The highest BCUT2D eigenvalue weighted by Crippen LogP contribution is 2.55. The first-order valence-corrected chi connectivity index (χ1v) is 5.17. The Morgan fingerprint density at radius 2 is 2.00 bits per heavy atom. The van der Waals surface area contributed by atoms with E-state index in [-0.39, 0.29) is 0 Å². The van der Waals surface area contributed by atoms with Gasteiger partial charge in [0, 0.05) is 6.04 Å². The molecule has 0 aromatic carbocycles. The average Bonchev–Trinajstić information content (AvgIpc) is 2.89. The molecule has 0 heterocycles. The molecule has 0 aliphatic heterocycles. The third-order valence-corrected chi connectivity index (χ3v) is 3.74. The lowest BCUT2D eigenvalue weighted by molar-refractivity contribution is 0.438. The summed E-state index contributed by atoms with van der Waals surface area (Å²) in [5, 5.41) is 3.66. The monoisotopic (exact) mass is 151 g/mol. The molecule has 0 aromatic rings. The maximum absolute atomic E-state index is 3.66. The van der Waals surface area contributed by atoms with Gasteiger partial charge in [-0.25, -0.2) is 0 Å². The highest BCUT2D eigenvalue weighted by molar-refractivity contribution is 4.98. The summed E-state index contributed by atoms with van der Waals surface area (Å²) in [6.07, 6.45) is 7.52. The molecule has 1 N–H and O–H groups in total. The fourth-order valence-corrected chi connectivity index (χ4v) is 2.68. The van der Waals surface area contributed by atoms with Crippen LogP contribution in [-0.2, 0) is 0 Å². The van der Waals surface area contributed by atoms with Gasteiger partial charge in [-0.05, 0) is 56.4 Å². The summed E-state index contributed by atoms with van der Waals surface area (Å²) in [5.41, 5.74) is 0. The van der Waals surface area contributed by atoms with Gasteiger partial charge in [-0.3, -0.25) is 0 Å². The van der Waals surface area contributed by atoms with Crippen molar-refractivity contribution >= 4 is 0 Å². The molecule has 3 aliphatic rings. The van der Waals surface area contributed by atoms with Crippen LogP contribution in [0.25, 0.3) is 0 Å². The van der Waals surface area contributed by atoms with E-state index in [0.29, 0.717) is 0 Å². The Morgan fingerprint density at radius 3 is 2.55 bits per heavy atom. The quantitative estimate of drug-likeness (QED) is 0.648. The van der Waals surface area contributed by atoms with Gasteiger partial charge in [-0.15, -0.1) is 0 Å². The number of hydrogen-bond donors (Lipinski definition) is 1. The Bertz CT molecular complexity index is 162. The average molecular weight is 151 g/mol. The minimum Gasteiger partial charge on any atom is -0.314 e. The third kappa shape index (κ3) is 1.20. The first-order chi connectivity index (χ1) is 5.43. The third-order valence-electron chi connectivity index (χ3n) is 3.74. The summed E-state index contributed by atoms with van der Waals surface area (Å²) in [7, 11) is 0. The molecular weight excluding hydrogens is 134 g/mol. The summed E-state index contributed by atoms with van der Waals surface area (Å²) in [6.45, 7) is 1.34. The van der Waals surface area contributed by atoms with Gasteiger partial charge in [0.1, 0.15) is 0 Å². The van der Waals surface area contributed by atoms with Gasteiger partial charge >= 0.3 is 0 Å². The Kier molecular flexibility index (Phi) is 1.31. The molecule has 3 unspecified atom stereocenters. The molecule has 0 radical (unpaired) electrons. The van der Waals surface area contributed by atoms with Crippen LogP contribution in [0.5, 0.6) is 0 Å². The Balaban J connectivity index is 1.47. The lowest BCUT2D eigenvalue weighted by atomic mass is 10.0. The van der Waals surface area contributed by atoms with E-state index in [0.717, 1.165) is 17.9 Å². The van der Waals surface area contributed by atoms with Crippen molar-refractivity contribution in [1.29, 1.82) is 0 Å². The van der Waals surface area contributed by atoms with Gasteiger partial charge in [0.25, 0.3) is 0 Å². The van der Waals surface area contributed by atoms with Crippen molar-refractivity contribution in [3.63, 3.8) is 0 Å². The van der Waals surface area contributed by atoms with Gasteiger partial charge in [0.15, 0.2) is 0 Å². The molecule has 3 fully saturated rings. The van der Waals surface area contributed by atoms with Crippen molar-refractivity contribution in [2.45, 2.75) is 38.1 Å². The normalized spacial score (nSPS) is 47.5. The molecule has 0 bridgehead atoms. The summed E-state index contributed by atoms with van der Waals surface area (Å²) >= 11 is 0. The van der Waals surface area contributed by atoms with Crippen molar-refractivity contribution in [2.75, 3.05) is 6.54 Å². The van der Waals surface area contributed by atoms with E-state index >= 15 is 0 Å². The van der Waals surface area contributed by atoms with Crippen LogP contribution in [0, 0.1) is 17.8 Å². The van der Waals surface area contributed by atoms with Crippen LogP contribution in [0.2, 0.25) is 0 Å². The van der Waals surface area contributed by atoms with E-state index in [4.69, 9.17) is 0 Å². The maximum Gasteiger partial charge on any atom is 0.00683 e. The molecule has 1 nitrogen and oxygen atoms in total. The lowest BCUT2D eigenvalue weighted by Crippen LogP contribution is -2.24. The molecule has 0 aromatic heterocycles. The minimum absolute atomic E-state index is 0.924. The van der Waals surface area contributed by atoms with Crippen LogP contribution in [0.4, 0.5) is 0 Å². The van der Waals surface area contributed by atoms with Crippen LogP contribution >= 0.6 is 0 Å². The highest BCUT2D eigenvalue weighted by atomic mass is 15.0. The molecule has 3 rings (SSSR count). The lowest BCUT2D eigenvalue weighted by Gasteiger charge is -2.11. The van der Waals surface area contributed by atoms with Gasteiger partial charge in [-0.1, -0.05) is 0 Å². The Hall–Kier alpha value is -0.0400. The zero-order valence-electron chi connectivity index (χ0n) is 7.05.